The van der Waals surface area contributed by atoms with E-state index in [9.17, 15) is 19.5 Å². The molecule has 2 saturated heterocycles. The van der Waals surface area contributed by atoms with E-state index in [1.165, 1.54) is 16.9 Å². The highest BCUT2D eigenvalue weighted by molar-refractivity contribution is 6.04. The van der Waals surface area contributed by atoms with Crippen molar-refractivity contribution in [1.29, 1.82) is 0 Å². The maximum absolute atomic E-state index is 12.8. The van der Waals surface area contributed by atoms with E-state index >= 15 is 0 Å². The minimum absolute atomic E-state index is 0.244. The van der Waals surface area contributed by atoms with Crippen LogP contribution in [0, 0.1) is 0 Å². The number of hydrogen-bond donors (Lipinski definition) is 1. The number of aliphatic hydroxyl groups is 1. The van der Waals surface area contributed by atoms with Gasteiger partial charge in [0.25, 0.3) is 11.8 Å². The van der Waals surface area contributed by atoms with Crippen LogP contribution in [0.15, 0.2) is 30.3 Å². The van der Waals surface area contributed by atoms with E-state index in [-0.39, 0.29) is 12.3 Å². The number of carbonyl (C=O) groups excluding carboxylic acids is 3. The molecule has 4 amide bonds. The zero-order chi connectivity index (χ0) is 16.6. The molecular formula is C16H19N3O4. The van der Waals surface area contributed by atoms with Crippen LogP contribution in [-0.2, 0) is 16.0 Å². The van der Waals surface area contributed by atoms with E-state index < -0.39 is 24.1 Å². The maximum Gasteiger partial charge on any atom is 0.346 e. The van der Waals surface area contributed by atoms with Gasteiger partial charge in [0.2, 0.25) is 0 Å². The lowest BCUT2D eigenvalue weighted by atomic mass is 10.0. The molecule has 2 aliphatic heterocycles. The topological polar surface area (TPSA) is 81.2 Å². The second-order valence-corrected chi connectivity index (χ2v) is 5.81. The predicted octanol–water partition coefficient (Wildman–Crippen LogP) is 0.390. The highest BCUT2D eigenvalue weighted by Crippen LogP contribution is 2.25. The SMILES string of the molecule is C[C@@H](O)C(=O)N1C(=O)N2CCCN2C(=O)[C@@H]1Cc1ccccc1. The number of urea groups is 1. The largest absolute Gasteiger partial charge is 0.384 e. The van der Waals surface area contributed by atoms with Crippen LogP contribution in [-0.4, -0.2) is 63.1 Å². The summed E-state index contributed by atoms with van der Waals surface area (Å²) < 4.78 is 0. The number of hydrazine groups is 1. The van der Waals surface area contributed by atoms with Gasteiger partial charge in [-0.2, -0.15) is 0 Å². The number of carbonyl (C=O) groups is 3. The van der Waals surface area contributed by atoms with Crippen LogP contribution in [0.3, 0.4) is 0 Å². The molecule has 0 spiro atoms. The Morgan fingerprint density at radius 3 is 2.52 bits per heavy atom. The predicted molar refractivity (Wildman–Crippen MR) is 80.9 cm³/mol. The lowest BCUT2D eigenvalue weighted by Crippen LogP contribution is -2.67. The third-order valence-electron chi connectivity index (χ3n) is 4.18. The fraction of sp³-hybridized carbons (Fsp3) is 0.438. The summed E-state index contributed by atoms with van der Waals surface area (Å²) in [7, 11) is 0. The minimum Gasteiger partial charge on any atom is -0.384 e. The van der Waals surface area contributed by atoms with E-state index in [0.29, 0.717) is 19.5 Å². The van der Waals surface area contributed by atoms with Gasteiger partial charge < -0.3 is 5.11 Å². The number of rotatable bonds is 3. The van der Waals surface area contributed by atoms with Gasteiger partial charge in [0, 0.05) is 19.5 Å². The molecule has 1 aromatic rings. The number of amides is 4. The van der Waals surface area contributed by atoms with Crippen LogP contribution in [0.5, 0.6) is 0 Å². The number of nitrogens with zero attached hydrogens (tertiary/aromatic N) is 3. The summed E-state index contributed by atoms with van der Waals surface area (Å²) in [6.07, 6.45) is -0.403. The van der Waals surface area contributed by atoms with Gasteiger partial charge in [-0.15, -0.1) is 0 Å². The van der Waals surface area contributed by atoms with Crippen LogP contribution < -0.4 is 0 Å². The zero-order valence-corrected chi connectivity index (χ0v) is 12.9. The van der Waals surface area contributed by atoms with Crippen molar-refractivity contribution in [2.24, 2.45) is 0 Å². The molecule has 0 radical (unpaired) electrons. The van der Waals surface area contributed by atoms with Crippen molar-refractivity contribution in [3.63, 3.8) is 0 Å². The summed E-state index contributed by atoms with van der Waals surface area (Å²) in [5.74, 6) is -1.02. The molecule has 1 N–H and O–H groups in total. The fourth-order valence-electron chi connectivity index (χ4n) is 3.04. The van der Waals surface area contributed by atoms with E-state index in [1.54, 1.807) is 0 Å². The Morgan fingerprint density at radius 1 is 1.22 bits per heavy atom. The van der Waals surface area contributed by atoms with Crippen LogP contribution in [0.1, 0.15) is 18.9 Å². The Bertz CT molecular complexity index is 631. The van der Waals surface area contributed by atoms with Gasteiger partial charge in [-0.25, -0.2) is 19.7 Å². The summed E-state index contributed by atoms with van der Waals surface area (Å²) in [4.78, 5) is 38.6. The first-order valence-electron chi connectivity index (χ1n) is 7.68. The molecule has 0 aliphatic carbocycles. The highest BCUT2D eigenvalue weighted by atomic mass is 16.3. The Hall–Kier alpha value is -2.41. The number of fused-ring (bicyclic) bond motifs is 1. The molecule has 0 saturated carbocycles. The summed E-state index contributed by atoms with van der Waals surface area (Å²) in [5.41, 5.74) is 0.856. The number of imide groups is 1. The molecule has 2 aliphatic rings. The molecule has 7 nitrogen and oxygen atoms in total. The number of benzene rings is 1. The summed E-state index contributed by atoms with van der Waals surface area (Å²) in [6.45, 7) is 2.19. The van der Waals surface area contributed by atoms with E-state index in [0.717, 1.165) is 10.5 Å². The Kier molecular flexibility index (Phi) is 4.04. The first-order valence-corrected chi connectivity index (χ1v) is 7.68. The van der Waals surface area contributed by atoms with Gasteiger partial charge in [-0.1, -0.05) is 30.3 Å². The lowest BCUT2D eigenvalue weighted by molar-refractivity contribution is -0.161. The van der Waals surface area contributed by atoms with Crippen LogP contribution in [0.4, 0.5) is 4.79 Å². The Morgan fingerprint density at radius 2 is 1.87 bits per heavy atom. The van der Waals surface area contributed by atoms with Crippen LogP contribution in [0.25, 0.3) is 0 Å². The van der Waals surface area contributed by atoms with Gasteiger partial charge in [0.15, 0.2) is 0 Å². The van der Waals surface area contributed by atoms with Gasteiger partial charge in [-0.3, -0.25) is 9.59 Å². The van der Waals surface area contributed by atoms with Crippen molar-refractivity contribution in [3.8, 4) is 0 Å². The molecule has 23 heavy (non-hydrogen) atoms. The molecule has 0 bridgehead atoms. The first-order chi connectivity index (χ1) is 11.0. The molecule has 3 rings (SSSR count). The summed E-state index contributed by atoms with van der Waals surface area (Å²) in [6, 6.07) is 7.78. The van der Waals surface area contributed by atoms with E-state index in [2.05, 4.69) is 0 Å². The van der Waals surface area contributed by atoms with Crippen molar-refractivity contribution in [3.05, 3.63) is 35.9 Å². The molecule has 0 aromatic heterocycles. The average Bonchev–Trinajstić information content (AvgIpc) is 3.03. The Balaban J connectivity index is 1.95. The van der Waals surface area contributed by atoms with Crippen molar-refractivity contribution < 1.29 is 19.5 Å². The van der Waals surface area contributed by atoms with Gasteiger partial charge in [-0.05, 0) is 18.9 Å². The Labute approximate surface area is 134 Å². The third kappa shape index (κ3) is 2.68. The molecule has 122 valence electrons. The third-order valence-corrected chi connectivity index (χ3v) is 4.18. The highest BCUT2D eigenvalue weighted by Gasteiger charge is 2.49. The van der Waals surface area contributed by atoms with E-state index in [4.69, 9.17) is 0 Å². The monoisotopic (exact) mass is 317 g/mol. The van der Waals surface area contributed by atoms with Crippen molar-refractivity contribution in [2.75, 3.05) is 13.1 Å². The summed E-state index contributed by atoms with van der Waals surface area (Å²) in [5, 5.41) is 12.3. The van der Waals surface area contributed by atoms with Crippen molar-refractivity contribution >= 4 is 17.8 Å². The van der Waals surface area contributed by atoms with Crippen LogP contribution in [0.2, 0.25) is 0 Å². The zero-order valence-electron chi connectivity index (χ0n) is 12.9. The summed E-state index contributed by atoms with van der Waals surface area (Å²) >= 11 is 0. The minimum atomic E-state index is -1.33. The lowest BCUT2D eigenvalue weighted by Gasteiger charge is -2.43. The number of aliphatic hydroxyl groups excluding tert-OH is 1. The van der Waals surface area contributed by atoms with Crippen LogP contribution >= 0.6 is 0 Å². The molecule has 2 heterocycles. The quantitative estimate of drug-likeness (QED) is 0.874. The molecule has 0 unspecified atom stereocenters. The molecule has 2 fully saturated rings. The average molecular weight is 317 g/mol. The molecule has 1 aromatic carbocycles. The van der Waals surface area contributed by atoms with Crippen molar-refractivity contribution in [2.45, 2.75) is 31.9 Å². The molecule has 2 atom stereocenters. The van der Waals surface area contributed by atoms with Crippen molar-refractivity contribution in [1.82, 2.24) is 14.9 Å². The van der Waals surface area contributed by atoms with Gasteiger partial charge >= 0.3 is 6.03 Å². The van der Waals surface area contributed by atoms with Gasteiger partial charge in [0.1, 0.15) is 12.1 Å². The molecule has 7 heteroatoms. The maximum atomic E-state index is 12.8. The number of hydrogen-bond acceptors (Lipinski definition) is 4. The molecular weight excluding hydrogens is 298 g/mol. The first kappa shape index (κ1) is 15.5. The second-order valence-electron chi connectivity index (χ2n) is 5.81. The van der Waals surface area contributed by atoms with Gasteiger partial charge in [0.05, 0.1) is 0 Å². The normalized spacial score (nSPS) is 22.3. The standard InChI is InChI=1S/C16H19N3O4/c1-11(20)14(21)19-13(10-12-6-3-2-4-7-12)15(22)17-8-5-9-18(17)16(19)23/h2-4,6-7,11,13,20H,5,8-10H2,1H3/t11-,13+/m1/s1. The fourth-order valence-corrected chi connectivity index (χ4v) is 3.04. The second kappa shape index (κ2) is 6.00. The van der Waals surface area contributed by atoms with E-state index in [1.807, 2.05) is 30.3 Å². The smallest absolute Gasteiger partial charge is 0.346 e.